The zero-order chi connectivity index (χ0) is 14.7. The maximum Gasteiger partial charge on any atom is 0.240 e. The van der Waals surface area contributed by atoms with Crippen LogP contribution in [0.4, 0.5) is 0 Å². The Morgan fingerprint density at radius 2 is 2.00 bits per heavy atom. The van der Waals surface area contributed by atoms with Gasteiger partial charge in [-0.25, -0.2) is 0 Å². The van der Waals surface area contributed by atoms with Crippen molar-refractivity contribution in [3.63, 3.8) is 0 Å². The predicted molar refractivity (Wildman–Crippen MR) is 93.3 cm³/mol. The first-order valence-corrected chi connectivity index (χ1v) is 7.75. The van der Waals surface area contributed by atoms with E-state index in [0.29, 0.717) is 6.54 Å². The van der Waals surface area contributed by atoms with E-state index in [-0.39, 0.29) is 23.9 Å². The van der Waals surface area contributed by atoms with Crippen LogP contribution in [0.5, 0.6) is 0 Å². The van der Waals surface area contributed by atoms with Gasteiger partial charge in [-0.15, -0.1) is 12.4 Å². The van der Waals surface area contributed by atoms with Crippen LogP contribution in [0.2, 0.25) is 0 Å². The molecular weight excluding hydrogens is 296 g/mol. The van der Waals surface area contributed by atoms with E-state index < -0.39 is 0 Å². The molecule has 0 aromatic heterocycles. The van der Waals surface area contributed by atoms with Crippen molar-refractivity contribution in [3.05, 3.63) is 48.0 Å². The molecule has 0 radical (unpaired) electrons. The fraction of sp³-hybridized carbons (Fsp3) is 0.389. The molecule has 3 rings (SSSR count). The van der Waals surface area contributed by atoms with Crippen LogP contribution in [0.1, 0.15) is 31.7 Å². The van der Waals surface area contributed by atoms with Crippen molar-refractivity contribution in [2.75, 3.05) is 6.54 Å². The summed E-state index contributed by atoms with van der Waals surface area (Å²) in [6.07, 6.45) is 2.86. The maximum atomic E-state index is 12.5. The summed E-state index contributed by atoms with van der Waals surface area (Å²) in [5.41, 5.74) is 0.815. The molecule has 1 fully saturated rings. The van der Waals surface area contributed by atoms with Crippen LogP contribution in [0.15, 0.2) is 42.5 Å². The van der Waals surface area contributed by atoms with E-state index in [2.05, 4.69) is 41.8 Å². The smallest absolute Gasteiger partial charge is 0.240 e. The highest BCUT2D eigenvalue weighted by Crippen LogP contribution is 2.24. The van der Waals surface area contributed by atoms with Gasteiger partial charge in [0, 0.05) is 6.54 Å². The third-order valence-corrected chi connectivity index (χ3v) is 4.60. The summed E-state index contributed by atoms with van der Waals surface area (Å²) in [6.45, 7) is 3.61. The highest BCUT2D eigenvalue weighted by molar-refractivity contribution is 5.88. The van der Waals surface area contributed by atoms with Crippen molar-refractivity contribution < 1.29 is 4.79 Å². The molecule has 1 atom stereocenters. The normalized spacial score (nSPS) is 20.6. The molecule has 0 bridgehead atoms. The minimum absolute atomic E-state index is 0. The Kier molecular flexibility index (Phi) is 5.43. The molecule has 22 heavy (non-hydrogen) atoms. The average molecular weight is 319 g/mol. The molecule has 3 nitrogen and oxygen atoms in total. The number of benzene rings is 2. The van der Waals surface area contributed by atoms with E-state index in [0.717, 1.165) is 25.8 Å². The van der Waals surface area contributed by atoms with Crippen LogP contribution in [0.3, 0.4) is 0 Å². The number of carbonyl (C=O) groups excluding carboxylic acids is 1. The molecule has 2 aromatic carbocycles. The largest absolute Gasteiger partial charge is 0.350 e. The summed E-state index contributed by atoms with van der Waals surface area (Å²) >= 11 is 0. The van der Waals surface area contributed by atoms with Crippen LogP contribution >= 0.6 is 12.4 Å². The quantitative estimate of drug-likeness (QED) is 0.907. The van der Waals surface area contributed by atoms with Gasteiger partial charge in [0.05, 0.1) is 5.54 Å². The van der Waals surface area contributed by atoms with Crippen LogP contribution < -0.4 is 10.6 Å². The zero-order valence-electron chi connectivity index (χ0n) is 12.9. The number of hydrogen-bond donors (Lipinski definition) is 2. The van der Waals surface area contributed by atoms with Crippen molar-refractivity contribution in [2.45, 2.75) is 38.3 Å². The van der Waals surface area contributed by atoms with Crippen LogP contribution in [0, 0.1) is 0 Å². The van der Waals surface area contributed by atoms with E-state index in [1.165, 1.54) is 16.3 Å². The van der Waals surface area contributed by atoms with E-state index >= 15 is 0 Å². The predicted octanol–water partition coefficient (Wildman–Crippen LogP) is 3.41. The molecule has 118 valence electrons. The summed E-state index contributed by atoms with van der Waals surface area (Å²) in [7, 11) is 0. The van der Waals surface area contributed by atoms with Gasteiger partial charge in [0.15, 0.2) is 0 Å². The molecule has 2 aromatic rings. The van der Waals surface area contributed by atoms with Crippen molar-refractivity contribution in [3.8, 4) is 0 Å². The number of halogens is 1. The second kappa shape index (κ2) is 7.12. The van der Waals surface area contributed by atoms with Crippen LogP contribution in [0.25, 0.3) is 10.8 Å². The summed E-state index contributed by atoms with van der Waals surface area (Å²) in [5, 5.41) is 8.93. The Bertz CT molecular complexity index is 645. The lowest BCUT2D eigenvalue weighted by Crippen LogP contribution is -2.52. The highest BCUT2D eigenvalue weighted by atomic mass is 35.5. The second-order valence-corrected chi connectivity index (χ2v) is 5.79. The van der Waals surface area contributed by atoms with Crippen LogP contribution in [-0.4, -0.2) is 18.0 Å². The molecule has 2 N–H and O–H groups in total. The third kappa shape index (κ3) is 3.11. The topological polar surface area (TPSA) is 41.1 Å². The van der Waals surface area contributed by atoms with Gasteiger partial charge in [0.25, 0.3) is 0 Å². The molecular formula is C18H23ClN2O. The molecule has 1 aliphatic rings. The minimum atomic E-state index is -0.357. The van der Waals surface area contributed by atoms with E-state index in [1.807, 2.05) is 18.2 Å². The molecule has 1 unspecified atom stereocenters. The fourth-order valence-electron chi connectivity index (χ4n) is 3.25. The average Bonchev–Trinajstić information content (AvgIpc) is 3.03. The van der Waals surface area contributed by atoms with Gasteiger partial charge in [0.1, 0.15) is 0 Å². The Morgan fingerprint density at radius 1 is 1.23 bits per heavy atom. The Labute approximate surface area is 137 Å². The first-order valence-electron chi connectivity index (χ1n) is 7.75. The van der Waals surface area contributed by atoms with E-state index in [9.17, 15) is 4.79 Å². The van der Waals surface area contributed by atoms with E-state index in [1.54, 1.807) is 0 Å². The molecule has 1 saturated heterocycles. The Morgan fingerprint density at radius 3 is 2.73 bits per heavy atom. The summed E-state index contributed by atoms with van der Waals surface area (Å²) in [6, 6.07) is 14.5. The number of nitrogens with one attached hydrogen (secondary N) is 2. The first kappa shape index (κ1) is 16.8. The van der Waals surface area contributed by atoms with Gasteiger partial charge < -0.3 is 10.6 Å². The second-order valence-electron chi connectivity index (χ2n) is 5.79. The van der Waals surface area contributed by atoms with Crippen molar-refractivity contribution in [1.82, 2.24) is 10.6 Å². The van der Waals surface area contributed by atoms with Crippen molar-refractivity contribution >= 4 is 29.1 Å². The van der Waals surface area contributed by atoms with Gasteiger partial charge >= 0.3 is 0 Å². The zero-order valence-corrected chi connectivity index (χ0v) is 13.7. The summed E-state index contributed by atoms with van der Waals surface area (Å²) in [4.78, 5) is 12.5. The molecule has 0 aliphatic carbocycles. The fourth-order valence-corrected chi connectivity index (χ4v) is 3.25. The molecule has 1 amide bonds. The van der Waals surface area contributed by atoms with Crippen molar-refractivity contribution in [2.24, 2.45) is 0 Å². The Hall–Kier alpha value is -1.58. The van der Waals surface area contributed by atoms with Crippen molar-refractivity contribution in [1.29, 1.82) is 0 Å². The lowest BCUT2D eigenvalue weighted by Gasteiger charge is -2.26. The number of fused-ring (bicyclic) bond motifs is 1. The number of rotatable bonds is 4. The number of hydrogen-bond acceptors (Lipinski definition) is 2. The molecule has 0 saturated carbocycles. The van der Waals surface area contributed by atoms with Gasteiger partial charge in [-0.05, 0) is 42.1 Å². The SMILES string of the molecule is CCC1(C(=O)NCc2cccc3ccccc23)CCCN1.Cl. The molecule has 0 spiro atoms. The first-order chi connectivity index (χ1) is 10.2. The maximum absolute atomic E-state index is 12.5. The third-order valence-electron chi connectivity index (χ3n) is 4.60. The van der Waals surface area contributed by atoms with Gasteiger partial charge in [-0.1, -0.05) is 49.4 Å². The van der Waals surface area contributed by atoms with Gasteiger partial charge in [-0.2, -0.15) is 0 Å². The molecule has 1 heterocycles. The monoisotopic (exact) mass is 318 g/mol. The number of amides is 1. The lowest BCUT2D eigenvalue weighted by molar-refractivity contribution is -0.127. The van der Waals surface area contributed by atoms with Gasteiger partial charge in [-0.3, -0.25) is 4.79 Å². The number of carbonyl (C=O) groups is 1. The summed E-state index contributed by atoms with van der Waals surface area (Å²) in [5.74, 6) is 0.135. The molecule has 1 aliphatic heterocycles. The highest BCUT2D eigenvalue weighted by Gasteiger charge is 2.38. The standard InChI is InChI=1S/C18H22N2O.ClH/c1-2-18(11-6-12-20-18)17(21)19-13-15-9-5-8-14-7-3-4-10-16(14)15;/h3-5,7-10,20H,2,6,11-13H2,1H3,(H,19,21);1H. The van der Waals surface area contributed by atoms with Crippen LogP contribution in [-0.2, 0) is 11.3 Å². The molecule has 4 heteroatoms. The Balaban J connectivity index is 0.00000176. The van der Waals surface area contributed by atoms with Gasteiger partial charge in [0.2, 0.25) is 5.91 Å². The summed E-state index contributed by atoms with van der Waals surface area (Å²) < 4.78 is 0. The van der Waals surface area contributed by atoms with E-state index in [4.69, 9.17) is 0 Å². The minimum Gasteiger partial charge on any atom is -0.350 e. The lowest BCUT2D eigenvalue weighted by atomic mass is 9.93.